The molecule has 0 spiro atoms. The SMILES string of the molecule is O=C(NCCN1CCCCC1)N(Cc1ccccc1)[C@H]1CCS(=O)(=O)C1. The van der Waals surface area contributed by atoms with Gasteiger partial charge in [-0.1, -0.05) is 36.8 Å². The maximum atomic E-state index is 12.8. The van der Waals surface area contributed by atoms with Crippen LogP contribution >= 0.6 is 0 Å². The number of likely N-dealkylation sites (tertiary alicyclic amines) is 1. The van der Waals surface area contributed by atoms with Crippen LogP contribution in [0.2, 0.25) is 0 Å². The quantitative estimate of drug-likeness (QED) is 0.819. The highest BCUT2D eigenvalue weighted by Crippen LogP contribution is 2.20. The smallest absolute Gasteiger partial charge is 0.318 e. The maximum absolute atomic E-state index is 12.8. The van der Waals surface area contributed by atoms with Crippen molar-refractivity contribution in [3.63, 3.8) is 0 Å². The first-order valence-electron chi connectivity index (χ1n) is 9.55. The van der Waals surface area contributed by atoms with Crippen LogP contribution in [-0.4, -0.2) is 68.0 Å². The number of sulfone groups is 1. The fraction of sp³-hybridized carbons (Fsp3) is 0.632. The Bertz CT molecular complexity index is 687. The molecular formula is C19H29N3O3S. The molecule has 26 heavy (non-hydrogen) atoms. The highest BCUT2D eigenvalue weighted by atomic mass is 32.2. The van der Waals surface area contributed by atoms with E-state index < -0.39 is 9.84 Å². The Balaban J connectivity index is 1.59. The molecule has 1 atom stereocenters. The van der Waals surface area contributed by atoms with Crippen LogP contribution in [0.3, 0.4) is 0 Å². The molecule has 0 aliphatic carbocycles. The van der Waals surface area contributed by atoms with E-state index in [1.165, 1.54) is 19.3 Å². The van der Waals surface area contributed by atoms with Crippen molar-refractivity contribution in [3.05, 3.63) is 35.9 Å². The molecule has 1 aromatic rings. The van der Waals surface area contributed by atoms with Crippen molar-refractivity contribution >= 4 is 15.9 Å². The average Bonchev–Trinajstić information content (AvgIpc) is 3.01. The van der Waals surface area contributed by atoms with E-state index in [-0.39, 0.29) is 23.6 Å². The normalized spacial score (nSPS) is 22.8. The summed E-state index contributed by atoms with van der Waals surface area (Å²) in [4.78, 5) is 16.9. The number of amides is 2. The predicted molar refractivity (Wildman–Crippen MR) is 103 cm³/mol. The predicted octanol–water partition coefficient (Wildman–Crippen LogP) is 1.87. The number of piperidine rings is 1. The summed E-state index contributed by atoms with van der Waals surface area (Å²) in [5, 5.41) is 3.01. The number of nitrogens with one attached hydrogen (secondary N) is 1. The lowest BCUT2D eigenvalue weighted by molar-refractivity contribution is 0.172. The van der Waals surface area contributed by atoms with Gasteiger partial charge in [0, 0.05) is 25.7 Å². The van der Waals surface area contributed by atoms with Crippen LogP contribution in [0.1, 0.15) is 31.2 Å². The third-order valence-corrected chi connectivity index (χ3v) is 7.01. The molecule has 0 bridgehead atoms. The summed E-state index contributed by atoms with van der Waals surface area (Å²) in [7, 11) is -3.03. The fourth-order valence-electron chi connectivity index (χ4n) is 3.77. The highest BCUT2D eigenvalue weighted by molar-refractivity contribution is 7.91. The Labute approximate surface area is 156 Å². The van der Waals surface area contributed by atoms with Gasteiger partial charge in [-0.2, -0.15) is 0 Å². The van der Waals surface area contributed by atoms with Gasteiger partial charge in [0.15, 0.2) is 9.84 Å². The highest BCUT2D eigenvalue weighted by Gasteiger charge is 2.34. The van der Waals surface area contributed by atoms with Crippen LogP contribution in [0.15, 0.2) is 30.3 Å². The summed E-state index contributed by atoms with van der Waals surface area (Å²) in [6.07, 6.45) is 4.28. The number of rotatable bonds is 6. The molecule has 0 radical (unpaired) electrons. The second-order valence-corrected chi connectivity index (χ2v) is 9.53. The summed E-state index contributed by atoms with van der Waals surface area (Å²) in [5.74, 6) is 0.239. The molecule has 2 aliphatic heterocycles. The molecule has 0 aromatic heterocycles. The summed E-state index contributed by atoms with van der Waals surface area (Å²) in [6.45, 7) is 4.10. The van der Waals surface area contributed by atoms with E-state index in [0.717, 1.165) is 25.2 Å². The van der Waals surface area contributed by atoms with Gasteiger partial charge < -0.3 is 15.1 Å². The second kappa shape index (κ2) is 8.86. The molecule has 6 nitrogen and oxygen atoms in total. The van der Waals surface area contributed by atoms with Crippen LogP contribution in [0, 0.1) is 0 Å². The first-order chi connectivity index (χ1) is 12.5. The first-order valence-corrected chi connectivity index (χ1v) is 11.4. The standard InChI is InChI=1S/C19H29N3O3S/c23-19(20-10-13-21-11-5-2-6-12-21)22(15-17-7-3-1-4-8-17)18-9-14-26(24,25)16-18/h1,3-4,7-8,18H,2,5-6,9-16H2,(H,20,23)/t18-/m0/s1. The van der Waals surface area contributed by atoms with Gasteiger partial charge in [-0.15, -0.1) is 0 Å². The van der Waals surface area contributed by atoms with Crippen molar-refractivity contribution in [3.8, 4) is 0 Å². The van der Waals surface area contributed by atoms with Gasteiger partial charge in [-0.25, -0.2) is 13.2 Å². The molecule has 144 valence electrons. The van der Waals surface area contributed by atoms with Crippen molar-refractivity contribution in [2.75, 3.05) is 37.7 Å². The summed E-state index contributed by atoms with van der Waals surface area (Å²) in [5.41, 5.74) is 1.02. The van der Waals surface area contributed by atoms with Crippen LogP contribution in [-0.2, 0) is 16.4 Å². The number of carbonyl (C=O) groups excluding carboxylic acids is 1. The van der Waals surface area contributed by atoms with Gasteiger partial charge in [-0.3, -0.25) is 0 Å². The number of carbonyl (C=O) groups is 1. The van der Waals surface area contributed by atoms with E-state index in [0.29, 0.717) is 19.5 Å². The number of hydrogen-bond acceptors (Lipinski definition) is 4. The summed E-state index contributed by atoms with van der Waals surface area (Å²) < 4.78 is 23.8. The lowest BCUT2D eigenvalue weighted by Gasteiger charge is -2.30. The molecule has 1 aromatic carbocycles. The molecule has 0 saturated carbocycles. The van der Waals surface area contributed by atoms with Crippen molar-refractivity contribution in [2.24, 2.45) is 0 Å². The van der Waals surface area contributed by atoms with Crippen molar-refractivity contribution in [1.29, 1.82) is 0 Å². The fourth-order valence-corrected chi connectivity index (χ4v) is 5.50. The van der Waals surface area contributed by atoms with Gasteiger partial charge in [0.1, 0.15) is 0 Å². The van der Waals surface area contributed by atoms with E-state index in [4.69, 9.17) is 0 Å². The number of hydrogen-bond donors (Lipinski definition) is 1. The molecule has 0 unspecified atom stereocenters. The topological polar surface area (TPSA) is 69.7 Å². The largest absolute Gasteiger partial charge is 0.337 e. The third kappa shape index (κ3) is 5.45. The van der Waals surface area contributed by atoms with E-state index >= 15 is 0 Å². The Hall–Kier alpha value is -1.60. The van der Waals surface area contributed by atoms with Crippen molar-refractivity contribution in [1.82, 2.24) is 15.1 Å². The zero-order chi connectivity index (χ0) is 18.4. The van der Waals surface area contributed by atoms with Crippen LogP contribution in [0.25, 0.3) is 0 Å². The lowest BCUT2D eigenvalue weighted by Crippen LogP contribution is -2.48. The van der Waals surface area contributed by atoms with Gasteiger partial charge in [0.2, 0.25) is 0 Å². The van der Waals surface area contributed by atoms with Gasteiger partial charge >= 0.3 is 6.03 Å². The van der Waals surface area contributed by atoms with E-state index in [1.54, 1.807) is 4.90 Å². The zero-order valence-electron chi connectivity index (χ0n) is 15.3. The molecule has 2 saturated heterocycles. The molecule has 2 aliphatic rings. The molecule has 7 heteroatoms. The lowest BCUT2D eigenvalue weighted by atomic mass is 10.1. The maximum Gasteiger partial charge on any atom is 0.318 e. The third-order valence-electron chi connectivity index (χ3n) is 5.26. The number of benzene rings is 1. The van der Waals surface area contributed by atoms with E-state index in [2.05, 4.69) is 10.2 Å². The molecule has 2 fully saturated rings. The van der Waals surface area contributed by atoms with Crippen LogP contribution in [0.4, 0.5) is 4.79 Å². The average molecular weight is 380 g/mol. The summed E-state index contributed by atoms with van der Waals surface area (Å²) in [6, 6.07) is 9.35. The first kappa shape index (κ1) is 19.2. The molecule has 1 N–H and O–H groups in total. The molecular weight excluding hydrogens is 350 g/mol. The van der Waals surface area contributed by atoms with Crippen LogP contribution in [0.5, 0.6) is 0 Å². The minimum Gasteiger partial charge on any atom is -0.337 e. The van der Waals surface area contributed by atoms with E-state index in [9.17, 15) is 13.2 Å². The monoisotopic (exact) mass is 379 g/mol. The Morgan fingerprint density at radius 2 is 1.88 bits per heavy atom. The zero-order valence-corrected chi connectivity index (χ0v) is 16.1. The van der Waals surface area contributed by atoms with Crippen molar-refractivity contribution < 1.29 is 13.2 Å². The molecule has 2 heterocycles. The minimum atomic E-state index is -3.03. The Morgan fingerprint density at radius 1 is 1.15 bits per heavy atom. The van der Waals surface area contributed by atoms with Crippen molar-refractivity contribution in [2.45, 2.75) is 38.3 Å². The van der Waals surface area contributed by atoms with Gasteiger partial charge in [0.05, 0.1) is 11.5 Å². The number of nitrogens with zero attached hydrogens (tertiary/aromatic N) is 2. The second-order valence-electron chi connectivity index (χ2n) is 7.30. The minimum absolute atomic E-state index is 0.0688. The molecule has 2 amide bonds. The number of urea groups is 1. The van der Waals surface area contributed by atoms with Gasteiger partial charge in [-0.05, 0) is 37.9 Å². The summed E-state index contributed by atoms with van der Waals surface area (Å²) >= 11 is 0. The van der Waals surface area contributed by atoms with E-state index in [1.807, 2.05) is 30.3 Å². The molecule has 3 rings (SSSR count). The Kier molecular flexibility index (Phi) is 6.53. The van der Waals surface area contributed by atoms with Crippen LogP contribution < -0.4 is 5.32 Å². The van der Waals surface area contributed by atoms with Gasteiger partial charge in [0.25, 0.3) is 0 Å². The Morgan fingerprint density at radius 3 is 2.54 bits per heavy atom.